The van der Waals surface area contributed by atoms with Gasteiger partial charge in [0.15, 0.2) is 9.84 Å². The van der Waals surface area contributed by atoms with Crippen molar-refractivity contribution in [3.63, 3.8) is 0 Å². The molecule has 2 aliphatic rings. The maximum Gasteiger partial charge on any atom is 0.179 e. The largest absolute Gasteiger partial charge is 0.224 e. The van der Waals surface area contributed by atoms with Crippen molar-refractivity contribution in [2.45, 2.75) is 83.0 Å². The van der Waals surface area contributed by atoms with E-state index in [-0.39, 0.29) is 5.41 Å². The predicted molar refractivity (Wildman–Crippen MR) is 105 cm³/mol. The highest BCUT2D eigenvalue weighted by atomic mass is 32.2. The quantitative estimate of drug-likeness (QED) is 0.643. The zero-order chi connectivity index (χ0) is 17.9. The van der Waals surface area contributed by atoms with Gasteiger partial charge < -0.3 is 0 Å². The van der Waals surface area contributed by atoms with Gasteiger partial charge >= 0.3 is 0 Å². The van der Waals surface area contributed by atoms with Crippen LogP contribution < -0.4 is 0 Å². The second-order valence-electron chi connectivity index (χ2n) is 8.03. The molecule has 0 bridgehead atoms. The third-order valence-electron chi connectivity index (χ3n) is 6.29. The van der Waals surface area contributed by atoms with Gasteiger partial charge in [-0.15, -0.1) is 0 Å². The minimum absolute atomic E-state index is 0.104. The van der Waals surface area contributed by atoms with Gasteiger partial charge in [-0.1, -0.05) is 56.9 Å². The summed E-state index contributed by atoms with van der Waals surface area (Å²) in [5.41, 5.74) is 3.80. The Morgan fingerprint density at radius 3 is 2.44 bits per heavy atom. The fourth-order valence-electron chi connectivity index (χ4n) is 4.70. The van der Waals surface area contributed by atoms with E-state index in [1.54, 1.807) is 0 Å². The third kappa shape index (κ3) is 3.86. The summed E-state index contributed by atoms with van der Waals surface area (Å²) in [6.07, 6.45) is 11.3. The molecule has 0 spiro atoms. The van der Waals surface area contributed by atoms with Crippen molar-refractivity contribution >= 4 is 15.4 Å². The number of unbranched alkanes of at least 4 members (excludes halogenated alkanes) is 1. The van der Waals surface area contributed by atoms with Gasteiger partial charge in [0, 0.05) is 0 Å². The molecule has 1 aliphatic heterocycles. The summed E-state index contributed by atoms with van der Waals surface area (Å²) in [5.74, 6) is 0.310. The third-order valence-corrected chi connectivity index (χ3v) is 8.31. The van der Waals surface area contributed by atoms with E-state index in [0.29, 0.717) is 10.6 Å². The van der Waals surface area contributed by atoms with Crippen LogP contribution in [0.5, 0.6) is 0 Å². The second-order valence-corrected chi connectivity index (χ2v) is 9.99. The molecule has 138 valence electrons. The van der Waals surface area contributed by atoms with Crippen molar-refractivity contribution in [1.82, 2.24) is 0 Å². The molecule has 1 atom stereocenters. The highest BCUT2D eigenvalue weighted by molar-refractivity contribution is 7.91. The van der Waals surface area contributed by atoms with Gasteiger partial charge in [0.2, 0.25) is 0 Å². The lowest BCUT2D eigenvalue weighted by Gasteiger charge is -2.33. The van der Waals surface area contributed by atoms with Gasteiger partial charge in [0.05, 0.1) is 10.6 Å². The Labute approximate surface area is 153 Å². The van der Waals surface area contributed by atoms with E-state index in [4.69, 9.17) is 0 Å². The molecule has 0 saturated heterocycles. The van der Waals surface area contributed by atoms with E-state index >= 15 is 0 Å². The van der Waals surface area contributed by atoms with Crippen molar-refractivity contribution in [3.05, 3.63) is 35.4 Å². The minimum atomic E-state index is -3.23. The summed E-state index contributed by atoms with van der Waals surface area (Å²) in [4.78, 5) is 0.579. The number of allylic oxidation sites excluding steroid dienone is 2. The number of fused-ring (bicyclic) bond motifs is 1. The standard InChI is InChI=1S/C22H32O2S/c1-3-5-15-22(4-2)16-20(18-11-7-6-8-12-18)19-13-9-10-14-21(19)25(23,24)17-22/h9-10,13-14H,3-8,11-12,15-17H2,1-2H3. The number of hydrogen-bond donors (Lipinski definition) is 0. The van der Waals surface area contributed by atoms with Crippen molar-refractivity contribution in [2.75, 3.05) is 5.75 Å². The molecular formula is C22H32O2S. The van der Waals surface area contributed by atoms with Crippen LogP contribution in [-0.2, 0) is 9.84 Å². The lowest BCUT2D eigenvalue weighted by atomic mass is 9.73. The van der Waals surface area contributed by atoms with Gasteiger partial charge in [-0.2, -0.15) is 0 Å². The van der Waals surface area contributed by atoms with E-state index in [1.807, 2.05) is 18.2 Å². The Hall–Kier alpha value is -1.09. The molecular weight excluding hydrogens is 328 g/mol. The first-order valence-corrected chi connectivity index (χ1v) is 11.7. The highest BCUT2D eigenvalue weighted by Gasteiger charge is 2.40. The molecule has 1 fully saturated rings. The Balaban J connectivity index is 2.17. The molecule has 25 heavy (non-hydrogen) atoms. The topological polar surface area (TPSA) is 34.1 Å². The van der Waals surface area contributed by atoms with Crippen LogP contribution in [0.3, 0.4) is 0 Å². The molecule has 0 aromatic heterocycles. The van der Waals surface area contributed by atoms with Crippen molar-refractivity contribution in [1.29, 1.82) is 0 Å². The maximum absolute atomic E-state index is 13.2. The summed E-state index contributed by atoms with van der Waals surface area (Å²) >= 11 is 0. The summed E-state index contributed by atoms with van der Waals surface area (Å²) in [5, 5.41) is 0. The molecule has 1 unspecified atom stereocenters. The van der Waals surface area contributed by atoms with Crippen molar-refractivity contribution in [3.8, 4) is 0 Å². The summed E-state index contributed by atoms with van der Waals surface area (Å²) in [6.45, 7) is 4.38. The van der Waals surface area contributed by atoms with Crippen molar-refractivity contribution < 1.29 is 8.42 Å². The average Bonchev–Trinajstić information content (AvgIpc) is 2.74. The molecule has 0 amide bonds. The van der Waals surface area contributed by atoms with Crippen LogP contribution in [0.4, 0.5) is 0 Å². The Morgan fingerprint density at radius 2 is 1.76 bits per heavy atom. The fourth-order valence-corrected chi connectivity index (χ4v) is 6.93. The molecule has 3 rings (SSSR count). The van der Waals surface area contributed by atoms with Crippen LogP contribution in [0.15, 0.2) is 34.7 Å². The molecule has 3 heteroatoms. The van der Waals surface area contributed by atoms with Gasteiger partial charge in [-0.05, 0) is 67.6 Å². The van der Waals surface area contributed by atoms with Crippen LogP contribution in [0.25, 0.3) is 5.57 Å². The number of hydrogen-bond acceptors (Lipinski definition) is 2. The van der Waals surface area contributed by atoms with Crippen LogP contribution in [-0.4, -0.2) is 14.2 Å². The first-order valence-electron chi connectivity index (χ1n) is 10.0. The van der Waals surface area contributed by atoms with Crippen LogP contribution in [0, 0.1) is 5.41 Å². The van der Waals surface area contributed by atoms with Crippen LogP contribution in [0.1, 0.15) is 83.6 Å². The first-order chi connectivity index (χ1) is 12.0. The normalized spacial score (nSPS) is 26.2. The molecule has 0 N–H and O–H groups in total. The Kier molecular flexibility index (Phi) is 5.72. The first kappa shape index (κ1) is 18.7. The second kappa shape index (κ2) is 7.65. The summed E-state index contributed by atoms with van der Waals surface area (Å²) in [6, 6.07) is 7.77. The van der Waals surface area contributed by atoms with Crippen LogP contribution >= 0.6 is 0 Å². The van der Waals surface area contributed by atoms with Gasteiger partial charge in [0.1, 0.15) is 0 Å². The van der Waals surface area contributed by atoms with Crippen LogP contribution in [0.2, 0.25) is 0 Å². The number of benzene rings is 1. The summed E-state index contributed by atoms with van der Waals surface area (Å²) in [7, 11) is -3.23. The molecule has 1 heterocycles. The molecule has 0 radical (unpaired) electrons. The van der Waals surface area contributed by atoms with E-state index in [9.17, 15) is 8.42 Å². The summed E-state index contributed by atoms with van der Waals surface area (Å²) < 4.78 is 26.5. The fraction of sp³-hybridized carbons (Fsp3) is 0.636. The van der Waals surface area contributed by atoms with Gasteiger partial charge in [-0.3, -0.25) is 0 Å². The predicted octanol–water partition coefficient (Wildman–Crippen LogP) is 6.17. The Morgan fingerprint density at radius 1 is 1.04 bits per heavy atom. The molecule has 1 aromatic rings. The smallest absolute Gasteiger partial charge is 0.179 e. The molecule has 1 aliphatic carbocycles. The van der Waals surface area contributed by atoms with E-state index in [1.165, 1.54) is 30.4 Å². The van der Waals surface area contributed by atoms with E-state index < -0.39 is 9.84 Å². The Bertz CT molecular complexity index is 737. The number of rotatable bonds is 4. The van der Waals surface area contributed by atoms with Gasteiger partial charge in [-0.25, -0.2) is 8.42 Å². The molecule has 2 nitrogen and oxygen atoms in total. The minimum Gasteiger partial charge on any atom is -0.224 e. The maximum atomic E-state index is 13.2. The molecule has 1 saturated carbocycles. The van der Waals surface area contributed by atoms with Gasteiger partial charge in [0.25, 0.3) is 0 Å². The van der Waals surface area contributed by atoms with E-state index in [2.05, 4.69) is 19.9 Å². The molecule has 1 aromatic carbocycles. The van der Waals surface area contributed by atoms with E-state index in [0.717, 1.165) is 50.5 Å². The van der Waals surface area contributed by atoms with Crippen molar-refractivity contribution in [2.24, 2.45) is 5.41 Å². The number of sulfone groups is 1. The SMILES string of the molecule is CCCCC1(CC)CC(=C2CCCCC2)c2ccccc2S(=O)(=O)C1. The lowest BCUT2D eigenvalue weighted by Crippen LogP contribution is -2.28. The zero-order valence-corrected chi connectivity index (χ0v) is 16.6. The zero-order valence-electron chi connectivity index (χ0n) is 15.8. The average molecular weight is 361 g/mol. The lowest BCUT2D eigenvalue weighted by molar-refractivity contribution is 0.287. The highest BCUT2D eigenvalue weighted by Crippen LogP contribution is 2.48. The monoisotopic (exact) mass is 360 g/mol.